The lowest BCUT2D eigenvalue weighted by Gasteiger charge is -2.19. The van der Waals surface area contributed by atoms with E-state index in [0.29, 0.717) is 19.6 Å². The van der Waals surface area contributed by atoms with Crippen LogP contribution in [0.25, 0.3) is 0 Å². The SMILES string of the molecule is O=C(OCCN(CCO)CCO)c1ccco1. The van der Waals surface area contributed by atoms with Gasteiger partial charge in [0.05, 0.1) is 19.5 Å². The van der Waals surface area contributed by atoms with Gasteiger partial charge in [-0.15, -0.1) is 0 Å². The Balaban J connectivity index is 2.23. The summed E-state index contributed by atoms with van der Waals surface area (Å²) in [4.78, 5) is 13.2. The third-order valence-corrected chi connectivity index (χ3v) is 2.20. The Bertz CT molecular complexity index is 306. The molecule has 6 heteroatoms. The number of esters is 1. The molecule has 0 saturated carbocycles. The van der Waals surface area contributed by atoms with E-state index in [9.17, 15) is 4.79 Å². The number of rotatable bonds is 8. The van der Waals surface area contributed by atoms with Crippen molar-refractivity contribution >= 4 is 5.97 Å². The lowest BCUT2D eigenvalue weighted by atomic mass is 10.4. The summed E-state index contributed by atoms with van der Waals surface area (Å²) in [5.74, 6) is -0.344. The van der Waals surface area contributed by atoms with E-state index in [0.717, 1.165) is 0 Å². The van der Waals surface area contributed by atoms with Gasteiger partial charge in [0.1, 0.15) is 6.61 Å². The second-order valence-electron chi connectivity index (χ2n) is 3.40. The van der Waals surface area contributed by atoms with Crippen LogP contribution in [-0.4, -0.2) is 60.5 Å². The van der Waals surface area contributed by atoms with Gasteiger partial charge in [-0.25, -0.2) is 4.79 Å². The minimum atomic E-state index is -0.511. The summed E-state index contributed by atoms with van der Waals surface area (Å²) in [5, 5.41) is 17.6. The minimum absolute atomic E-state index is 0.00608. The molecular weight excluding hydrogens is 226 g/mol. The largest absolute Gasteiger partial charge is 0.458 e. The number of ether oxygens (including phenoxy) is 1. The number of furan rings is 1. The molecule has 17 heavy (non-hydrogen) atoms. The number of carbonyl (C=O) groups is 1. The molecule has 1 aromatic rings. The van der Waals surface area contributed by atoms with Gasteiger partial charge < -0.3 is 19.4 Å². The predicted octanol–water partition coefficient (Wildman–Crippen LogP) is -0.277. The third kappa shape index (κ3) is 4.99. The fourth-order valence-corrected chi connectivity index (χ4v) is 1.35. The average molecular weight is 243 g/mol. The van der Waals surface area contributed by atoms with Crippen molar-refractivity contribution in [1.29, 1.82) is 0 Å². The van der Waals surface area contributed by atoms with Crippen LogP contribution >= 0.6 is 0 Å². The smallest absolute Gasteiger partial charge is 0.374 e. The van der Waals surface area contributed by atoms with E-state index in [1.165, 1.54) is 12.3 Å². The maximum Gasteiger partial charge on any atom is 0.374 e. The van der Waals surface area contributed by atoms with Crippen molar-refractivity contribution in [2.75, 3.05) is 39.5 Å². The summed E-state index contributed by atoms with van der Waals surface area (Å²) in [6, 6.07) is 3.14. The highest BCUT2D eigenvalue weighted by Gasteiger charge is 2.10. The molecule has 0 saturated heterocycles. The molecule has 6 nitrogen and oxygen atoms in total. The summed E-state index contributed by atoms with van der Waals surface area (Å²) in [5.41, 5.74) is 0. The van der Waals surface area contributed by atoms with Crippen LogP contribution in [0.5, 0.6) is 0 Å². The fraction of sp³-hybridized carbons (Fsp3) is 0.545. The Labute approximate surface area is 99.4 Å². The van der Waals surface area contributed by atoms with E-state index in [4.69, 9.17) is 19.4 Å². The molecule has 1 heterocycles. The summed E-state index contributed by atoms with van der Waals surface area (Å²) in [6.45, 7) is 1.56. The normalized spacial score (nSPS) is 10.8. The monoisotopic (exact) mass is 243 g/mol. The molecule has 0 aliphatic heterocycles. The predicted molar refractivity (Wildman–Crippen MR) is 59.6 cm³/mol. The van der Waals surface area contributed by atoms with Gasteiger partial charge in [0.2, 0.25) is 5.76 Å². The summed E-state index contributed by atoms with van der Waals surface area (Å²) in [7, 11) is 0. The molecule has 0 aromatic carbocycles. The lowest BCUT2D eigenvalue weighted by molar-refractivity contribution is 0.0409. The summed E-state index contributed by atoms with van der Waals surface area (Å²) >= 11 is 0. The standard InChI is InChI=1S/C11H17NO5/c13-6-3-12(4-7-14)5-9-17-11(15)10-2-1-8-16-10/h1-2,8,13-14H,3-7,9H2. The Kier molecular flexibility index (Phi) is 6.31. The first-order valence-corrected chi connectivity index (χ1v) is 5.42. The number of hydrogen-bond acceptors (Lipinski definition) is 6. The van der Waals surface area contributed by atoms with E-state index in [1.807, 2.05) is 0 Å². The van der Waals surface area contributed by atoms with Crippen molar-refractivity contribution in [3.05, 3.63) is 24.2 Å². The van der Waals surface area contributed by atoms with E-state index < -0.39 is 5.97 Å². The molecule has 0 atom stereocenters. The molecule has 2 N–H and O–H groups in total. The Hall–Kier alpha value is -1.37. The van der Waals surface area contributed by atoms with Crippen molar-refractivity contribution in [1.82, 2.24) is 4.90 Å². The molecule has 0 aliphatic rings. The first kappa shape index (κ1) is 13.7. The fourth-order valence-electron chi connectivity index (χ4n) is 1.35. The van der Waals surface area contributed by atoms with E-state index in [1.54, 1.807) is 11.0 Å². The Morgan fingerprint density at radius 1 is 1.29 bits per heavy atom. The molecule has 0 spiro atoms. The average Bonchev–Trinajstić information content (AvgIpc) is 2.83. The highest BCUT2D eigenvalue weighted by molar-refractivity contribution is 5.86. The molecule has 0 aliphatic carbocycles. The quantitative estimate of drug-likeness (QED) is 0.611. The highest BCUT2D eigenvalue weighted by Crippen LogP contribution is 2.02. The maximum atomic E-state index is 11.4. The van der Waals surface area contributed by atoms with Gasteiger partial charge in [-0.3, -0.25) is 4.90 Å². The zero-order valence-corrected chi connectivity index (χ0v) is 9.54. The zero-order valence-electron chi connectivity index (χ0n) is 9.54. The van der Waals surface area contributed by atoms with Crippen LogP contribution in [0.4, 0.5) is 0 Å². The molecule has 1 rings (SSSR count). The van der Waals surface area contributed by atoms with Crippen molar-refractivity contribution in [3.63, 3.8) is 0 Å². The van der Waals surface area contributed by atoms with Gasteiger partial charge >= 0.3 is 5.97 Å². The second-order valence-corrected chi connectivity index (χ2v) is 3.40. The second kappa shape index (κ2) is 7.83. The molecule has 0 fully saturated rings. The van der Waals surface area contributed by atoms with Crippen molar-refractivity contribution < 1.29 is 24.2 Å². The van der Waals surface area contributed by atoms with Crippen molar-refractivity contribution in [3.8, 4) is 0 Å². The van der Waals surface area contributed by atoms with Crippen molar-refractivity contribution in [2.45, 2.75) is 0 Å². The van der Waals surface area contributed by atoms with Crippen LogP contribution in [-0.2, 0) is 4.74 Å². The molecule has 0 unspecified atom stereocenters. The number of aliphatic hydroxyl groups is 2. The zero-order chi connectivity index (χ0) is 12.5. The first-order valence-electron chi connectivity index (χ1n) is 5.42. The van der Waals surface area contributed by atoms with E-state index in [-0.39, 0.29) is 25.6 Å². The van der Waals surface area contributed by atoms with Crippen LogP contribution in [0.1, 0.15) is 10.6 Å². The maximum absolute atomic E-state index is 11.4. The number of hydrogen-bond donors (Lipinski definition) is 2. The van der Waals surface area contributed by atoms with E-state index in [2.05, 4.69) is 0 Å². The third-order valence-electron chi connectivity index (χ3n) is 2.20. The Morgan fingerprint density at radius 2 is 2.00 bits per heavy atom. The molecule has 0 radical (unpaired) electrons. The van der Waals surface area contributed by atoms with Crippen LogP contribution in [0.15, 0.2) is 22.8 Å². The van der Waals surface area contributed by atoms with Crippen LogP contribution in [0.2, 0.25) is 0 Å². The van der Waals surface area contributed by atoms with Gasteiger partial charge in [-0.1, -0.05) is 0 Å². The molecule has 0 bridgehead atoms. The van der Waals surface area contributed by atoms with Crippen LogP contribution in [0, 0.1) is 0 Å². The van der Waals surface area contributed by atoms with Crippen LogP contribution in [0.3, 0.4) is 0 Å². The molecule has 96 valence electrons. The van der Waals surface area contributed by atoms with Crippen molar-refractivity contribution in [2.24, 2.45) is 0 Å². The topological polar surface area (TPSA) is 83.1 Å². The number of nitrogens with zero attached hydrogens (tertiary/aromatic N) is 1. The highest BCUT2D eigenvalue weighted by atomic mass is 16.5. The van der Waals surface area contributed by atoms with E-state index >= 15 is 0 Å². The van der Waals surface area contributed by atoms with Gasteiger partial charge in [0.25, 0.3) is 0 Å². The first-order chi connectivity index (χ1) is 8.27. The number of aliphatic hydroxyl groups excluding tert-OH is 2. The lowest BCUT2D eigenvalue weighted by Crippen LogP contribution is -2.33. The van der Waals surface area contributed by atoms with Gasteiger partial charge in [0.15, 0.2) is 0 Å². The van der Waals surface area contributed by atoms with Gasteiger partial charge in [-0.2, -0.15) is 0 Å². The minimum Gasteiger partial charge on any atom is -0.458 e. The summed E-state index contributed by atoms with van der Waals surface area (Å²) in [6.07, 6.45) is 1.40. The molecule has 0 amide bonds. The van der Waals surface area contributed by atoms with Gasteiger partial charge in [-0.05, 0) is 12.1 Å². The number of carbonyl (C=O) groups excluding carboxylic acids is 1. The summed E-state index contributed by atoms with van der Waals surface area (Å²) < 4.78 is 9.85. The van der Waals surface area contributed by atoms with Crippen LogP contribution < -0.4 is 0 Å². The Morgan fingerprint density at radius 3 is 2.53 bits per heavy atom. The van der Waals surface area contributed by atoms with Gasteiger partial charge in [0, 0.05) is 19.6 Å². The molecular formula is C11H17NO5. The molecule has 1 aromatic heterocycles.